The molecular formula is C14H27NO2. The Morgan fingerprint density at radius 1 is 1.29 bits per heavy atom. The van der Waals surface area contributed by atoms with Crippen molar-refractivity contribution in [2.24, 2.45) is 5.92 Å². The van der Waals surface area contributed by atoms with Crippen LogP contribution in [0, 0.1) is 5.92 Å². The van der Waals surface area contributed by atoms with Gasteiger partial charge in [0.15, 0.2) is 5.79 Å². The quantitative estimate of drug-likeness (QED) is 0.549. The van der Waals surface area contributed by atoms with Crippen LogP contribution in [0.4, 0.5) is 0 Å². The van der Waals surface area contributed by atoms with Gasteiger partial charge in [0.05, 0.1) is 6.04 Å². The summed E-state index contributed by atoms with van der Waals surface area (Å²) < 4.78 is 11.5. The van der Waals surface area contributed by atoms with Crippen LogP contribution < -0.4 is 5.32 Å². The first-order valence-electron chi connectivity index (χ1n) is 6.68. The van der Waals surface area contributed by atoms with Crippen molar-refractivity contribution < 1.29 is 9.47 Å². The molecule has 0 fully saturated rings. The predicted molar refractivity (Wildman–Crippen MR) is 71.0 cm³/mol. The summed E-state index contributed by atoms with van der Waals surface area (Å²) >= 11 is 0. The molecule has 100 valence electrons. The Bertz CT molecular complexity index is 259. The summed E-state index contributed by atoms with van der Waals surface area (Å²) in [4.78, 5) is 0. The third kappa shape index (κ3) is 2.72. The molecular weight excluding hydrogens is 214 g/mol. The molecule has 0 saturated carbocycles. The minimum Gasteiger partial charge on any atom is -0.351 e. The molecule has 1 N–H and O–H groups in total. The highest BCUT2D eigenvalue weighted by atomic mass is 16.7. The van der Waals surface area contributed by atoms with E-state index in [1.807, 2.05) is 0 Å². The molecule has 1 aliphatic rings. The Hall–Kier alpha value is -0.380. The Kier molecular flexibility index (Phi) is 5.63. The molecule has 3 nitrogen and oxygen atoms in total. The lowest BCUT2D eigenvalue weighted by atomic mass is 9.93. The highest BCUT2D eigenvalue weighted by Gasteiger charge is 2.50. The summed E-state index contributed by atoms with van der Waals surface area (Å²) in [6, 6.07) is 0.171. The van der Waals surface area contributed by atoms with E-state index in [-0.39, 0.29) is 6.04 Å². The van der Waals surface area contributed by atoms with E-state index in [1.54, 1.807) is 14.2 Å². The van der Waals surface area contributed by atoms with Gasteiger partial charge in [-0.2, -0.15) is 0 Å². The standard InChI is InChI=1S/C14H27NO2/c1-6-8-9-12-10-11(3)13(15-7-2)14(12,16-4)17-5/h10,12-13,15H,6-9H2,1-5H3/t12-,13-/m0/s1. The average Bonchev–Trinajstić information content (AvgIpc) is 2.61. The maximum atomic E-state index is 5.76. The van der Waals surface area contributed by atoms with Crippen molar-refractivity contribution in [1.82, 2.24) is 5.32 Å². The minimum absolute atomic E-state index is 0.171. The van der Waals surface area contributed by atoms with Gasteiger partial charge in [0.2, 0.25) is 0 Å². The number of unbranched alkanes of at least 4 members (excludes halogenated alkanes) is 1. The summed E-state index contributed by atoms with van der Waals surface area (Å²) in [6.07, 6.45) is 5.86. The summed E-state index contributed by atoms with van der Waals surface area (Å²) in [6.45, 7) is 7.41. The van der Waals surface area contributed by atoms with Crippen LogP contribution in [0.2, 0.25) is 0 Å². The Balaban J connectivity index is 2.89. The lowest BCUT2D eigenvalue weighted by Crippen LogP contribution is -2.54. The second-order valence-corrected chi connectivity index (χ2v) is 4.78. The molecule has 1 aliphatic carbocycles. The third-order valence-electron chi connectivity index (χ3n) is 3.75. The zero-order chi connectivity index (χ0) is 12.9. The fourth-order valence-corrected chi connectivity index (χ4v) is 2.90. The highest BCUT2D eigenvalue weighted by Crippen LogP contribution is 2.40. The zero-order valence-electron chi connectivity index (χ0n) is 11.9. The number of nitrogens with one attached hydrogen (secondary N) is 1. The van der Waals surface area contributed by atoms with Crippen LogP contribution in [0.5, 0.6) is 0 Å². The fourth-order valence-electron chi connectivity index (χ4n) is 2.90. The Morgan fingerprint density at radius 3 is 2.41 bits per heavy atom. The van der Waals surface area contributed by atoms with E-state index in [0.717, 1.165) is 13.0 Å². The summed E-state index contributed by atoms with van der Waals surface area (Å²) in [7, 11) is 3.50. The number of hydrogen-bond acceptors (Lipinski definition) is 3. The Morgan fingerprint density at radius 2 is 1.94 bits per heavy atom. The van der Waals surface area contributed by atoms with E-state index in [1.165, 1.54) is 18.4 Å². The predicted octanol–water partition coefficient (Wildman–Crippen LogP) is 2.72. The molecule has 0 bridgehead atoms. The molecule has 1 rings (SSSR count). The van der Waals surface area contributed by atoms with Crippen LogP contribution in [0.15, 0.2) is 11.6 Å². The maximum absolute atomic E-state index is 5.76. The first-order chi connectivity index (χ1) is 8.16. The molecule has 3 heteroatoms. The molecule has 0 radical (unpaired) electrons. The maximum Gasteiger partial charge on any atom is 0.193 e. The van der Waals surface area contributed by atoms with E-state index in [4.69, 9.17) is 9.47 Å². The van der Waals surface area contributed by atoms with Crippen molar-refractivity contribution in [3.05, 3.63) is 11.6 Å². The van der Waals surface area contributed by atoms with E-state index < -0.39 is 5.79 Å². The molecule has 0 unspecified atom stereocenters. The van der Waals surface area contributed by atoms with Crippen LogP contribution >= 0.6 is 0 Å². The fraction of sp³-hybridized carbons (Fsp3) is 0.857. The van der Waals surface area contributed by atoms with E-state index in [2.05, 4.69) is 32.2 Å². The summed E-state index contributed by atoms with van der Waals surface area (Å²) in [5.74, 6) is -0.170. The topological polar surface area (TPSA) is 30.5 Å². The molecule has 0 aliphatic heterocycles. The SMILES string of the molecule is CCCC[C@H]1C=C(C)[C@H](NCC)C1(OC)OC. The van der Waals surface area contributed by atoms with Gasteiger partial charge in [-0.1, -0.05) is 38.3 Å². The van der Waals surface area contributed by atoms with Gasteiger partial charge < -0.3 is 14.8 Å². The van der Waals surface area contributed by atoms with Gasteiger partial charge in [-0.3, -0.25) is 0 Å². The largest absolute Gasteiger partial charge is 0.351 e. The first kappa shape index (κ1) is 14.7. The first-order valence-corrected chi connectivity index (χ1v) is 6.68. The number of ether oxygens (including phenoxy) is 2. The van der Waals surface area contributed by atoms with Gasteiger partial charge in [0, 0.05) is 20.1 Å². The molecule has 0 heterocycles. The number of rotatable bonds is 7. The summed E-state index contributed by atoms with van der Waals surface area (Å²) in [5.41, 5.74) is 1.33. The van der Waals surface area contributed by atoms with Gasteiger partial charge in [0.1, 0.15) is 0 Å². The zero-order valence-corrected chi connectivity index (χ0v) is 11.9. The molecule has 0 aromatic carbocycles. The second-order valence-electron chi connectivity index (χ2n) is 4.78. The van der Waals surface area contributed by atoms with Crippen molar-refractivity contribution >= 4 is 0 Å². The smallest absolute Gasteiger partial charge is 0.193 e. The summed E-state index contributed by atoms with van der Waals surface area (Å²) in [5, 5.41) is 3.48. The van der Waals surface area contributed by atoms with Gasteiger partial charge in [0.25, 0.3) is 0 Å². The number of likely N-dealkylation sites (N-methyl/N-ethyl adjacent to an activating group) is 1. The van der Waals surface area contributed by atoms with Crippen LogP contribution in [-0.2, 0) is 9.47 Å². The highest BCUT2D eigenvalue weighted by molar-refractivity contribution is 5.25. The van der Waals surface area contributed by atoms with Crippen molar-refractivity contribution in [2.45, 2.75) is 51.9 Å². The molecule has 0 saturated heterocycles. The molecule has 0 aromatic rings. The second kappa shape index (κ2) is 6.53. The number of hydrogen-bond donors (Lipinski definition) is 1. The van der Waals surface area contributed by atoms with Gasteiger partial charge in [-0.25, -0.2) is 0 Å². The lowest BCUT2D eigenvalue weighted by Gasteiger charge is -2.39. The third-order valence-corrected chi connectivity index (χ3v) is 3.75. The van der Waals surface area contributed by atoms with E-state index >= 15 is 0 Å². The normalized spacial score (nSPS) is 27.2. The molecule has 0 aromatic heterocycles. The van der Waals surface area contributed by atoms with Gasteiger partial charge in [-0.05, 0) is 19.9 Å². The van der Waals surface area contributed by atoms with Crippen molar-refractivity contribution in [3.8, 4) is 0 Å². The molecule has 2 atom stereocenters. The Labute approximate surface area is 106 Å². The molecule has 0 spiro atoms. The minimum atomic E-state index is -0.519. The van der Waals surface area contributed by atoms with E-state index in [0.29, 0.717) is 5.92 Å². The number of methoxy groups -OCH3 is 2. The molecule has 0 amide bonds. The van der Waals surface area contributed by atoms with Crippen LogP contribution in [0.25, 0.3) is 0 Å². The van der Waals surface area contributed by atoms with Crippen LogP contribution in [0.1, 0.15) is 40.0 Å². The lowest BCUT2D eigenvalue weighted by molar-refractivity contribution is -0.236. The van der Waals surface area contributed by atoms with Crippen molar-refractivity contribution in [1.29, 1.82) is 0 Å². The van der Waals surface area contributed by atoms with Gasteiger partial charge in [-0.15, -0.1) is 0 Å². The van der Waals surface area contributed by atoms with Crippen LogP contribution in [0.3, 0.4) is 0 Å². The van der Waals surface area contributed by atoms with E-state index in [9.17, 15) is 0 Å². The monoisotopic (exact) mass is 241 g/mol. The van der Waals surface area contributed by atoms with Crippen LogP contribution in [-0.4, -0.2) is 32.6 Å². The van der Waals surface area contributed by atoms with Crippen molar-refractivity contribution in [3.63, 3.8) is 0 Å². The van der Waals surface area contributed by atoms with Gasteiger partial charge >= 0.3 is 0 Å². The van der Waals surface area contributed by atoms with Crippen molar-refractivity contribution in [2.75, 3.05) is 20.8 Å². The average molecular weight is 241 g/mol. The molecule has 17 heavy (non-hydrogen) atoms.